The van der Waals surface area contributed by atoms with Crippen LogP contribution in [0.5, 0.6) is 11.5 Å². The molecular formula is C19H27IN4O2S. The molecule has 0 amide bonds. The zero-order valence-corrected chi connectivity index (χ0v) is 19.3. The third-order valence-electron chi connectivity index (χ3n) is 4.00. The van der Waals surface area contributed by atoms with Crippen molar-refractivity contribution in [1.82, 2.24) is 15.6 Å². The molecule has 0 aliphatic carbocycles. The Morgan fingerprint density at radius 2 is 2.00 bits per heavy atom. The van der Waals surface area contributed by atoms with Gasteiger partial charge >= 0.3 is 0 Å². The fraction of sp³-hybridized carbons (Fsp3) is 0.474. The number of hydrogen-bond donors (Lipinski definition) is 2. The van der Waals surface area contributed by atoms with E-state index in [-0.39, 0.29) is 29.4 Å². The van der Waals surface area contributed by atoms with Crippen molar-refractivity contribution in [2.45, 2.75) is 39.2 Å². The number of nitrogens with one attached hydrogen (secondary N) is 2. The van der Waals surface area contributed by atoms with Gasteiger partial charge in [0.15, 0.2) is 17.5 Å². The van der Waals surface area contributed by atoms with Gasteiger partial charge < -0.3 is 20.1 Å². The van der Waals surface area contributed by atoms with Gasteiger partial charge in [0.25, 0.3) is 0 Å². The van der Waals surface area contributed by atoms with Gasteiger partial charge in [-0.3, -0.25) is 4.99 Å². The Morgan fingerprint density at radius 1 is 1.22 bits per heavy atom. The topological polar surface area (TPSA) is 67.8 Å². The Balaban J connectivity index is 0.00000261. The zero-order chi connectivity index (χ0) is 18.6. The van der Waals surface area contributed by atoms with Crippen LogP contribution in [0.25, 0.3) is 0 Å². The lowest BCUT2D eigenvalue weighted by molar-refractivity contribution is 0.174. The number of aromatic nitrogens is 1. The summed E-state index contributed by atoms with van der Waals surface area (Å²) in [5.41, 5.74) is 2.33. The summed E-state index contributed by atoms with van der Waals surface area (Å²) in [5.74, 6) is 2.41. The number of aliphatic imine (C=N–C) groups is 1. The van der Waals surface area contributed by atoms with Crippen molar-refractivity contribution in [3.05, 3.63) is 39.8 Å². The molecule has 0 bridgehead atoms. The highest BCUT2D eigenvalue weighted by atomic mass is 127. The van der Waals surface area contributed by atoms with Crippen molar-refractivity contribution in [2.75, 3.05) is 20.4 Å². The van der Waals surface area contributed by atoms with E-state index < -0.39 is 0 Å². The molecule has 0 saturated heterocycles. The number of benzene rings is 1. The molecule has 3 rings (SSSR count). The van der Waals surface area contributed by atoms with Crippen molar-refractivity contribution >= 4 is 41.3 Å². The Morgan fingerprint density at radius 3 is 2.70 bits per heavy atom. The zero-order valence-electron chi connectivity index (χ0n) is 16.2. The summed E-state index contributed by atoms with van der Waals surface area (Å²) in [6, 6.07) is 6.05. The van der Waals surface area contributed by atoms with Crippen molar-refractivity contribution in [1.29, 1.82) is 0 Å². The summed E-state index contributed by atoms with van der Waals surface area (Å²) in [4.78, 5) is 8.97. The SMILES string of the molecule is CN=C(NCCc1ccc2c(c1)OCO2)NCc1csc(C(C)(C)C)n1.I. The van der Waals surface area contributed by atoms with Crippen molar-refractivity contribution in [3.8, 4) is 11.5 Å². The summed E-state index contributed by atoms with van der Waals surface area (Å²) in [5, 5.41) is 9.91. The van der Waals surface area contributed by atoms with E-state index in [4.69, 9.17) is 14.5 Å². The highest BCUT2D eigenvalue weighted by molar-refractivity contribution is 14.0. The lowest BCUT2D eigenvalue weighted by Crippen LogP contribution is -2.37. The Kier molecular flexibility index (Phi) is 7.72. The van der Waals surface area contributed by atoms with Crippen LogP contribution in [0, 0.1) is 0 Å². The molecule has 0 atom stereocenters. The molecule has 6 nitrogen and oxygen atoms in total. The monoisotopic (exact) mass is 502 g/mol. The summed E-state index contributed by atoms with van der Waals surface area (Å²) in [6.45, 7) is 8.29. The molecule has 0 unspecified atom stereocenters. The quantitative estimate of drug-likeness (QED) is 0.371. The first-order chi connectivity index (χ1) is 12.5. The Bertz CT molecular complexity index is 786. The molecule has 2 N–H and O–H groups in total. The first-order valence-electron chi connectivity index (χ1n) is 8.73. The minimum absolute atomic E-state index is 0. The van der Waals surface area contributed by atoms with Gasteiger partial charge in [-0.25, -0.2) is 4.98 Å². The van der Waals surface area contributed by atoms with E-state index in [2.05, 4.69) is 47.8 Å². The highest BCUT2D eigenvalue weighted by Crippen LogP contribution is 2.32. The lowest BCUT2D eigenvalue weighted by atomic mass is 9.98. The van der Waals surface area contributed by atoms with Crippen LogP contribution in [0.2, 0.25) is 0 Å². The molecule has 1 aliphatic rings. The highest BCUT2D eigenvalue weighted by Gasteiger charge is 2.18. The van der Waals surface area contributed by atoms with Gasteiger partial charge in [0, 0.05) is 24.4 Å². The second-order valence-corrected chi connectivity index (χ2v) is 8.04. The second-order valence-electron chi connectivity index (χ2n) is 7.18. The molecule has 1 aromatic heterocycles. The molecule has 0 saturated carbocycles. The fourth-order valence-electron chi connectivity index (χ4n) is 2.55. The van der Waals surface area contributed by atoms with Crippen LogP contribution in [-0.2, 0) is 18.4 Å². The molecule has 148 valence electrons. The summed E-state index contributed by atoms with van der Waals surface area (Å²) < 4.78 is 10.8. The van der Waals surface area contributed by atoms with E-state index in [1.165, 1.54) is 5.56 Å². The van der Waals surface area contributed by atoms with Crippen molar-refractivity contribution in [2.24, 2.45) is 4.99 Å². The van der Waals surface area contributed by atoms with E-state index in [0.29, 0.717) is 13.3 Å². The maximum Gasteiger partial charge on any atom is 0.231 e. The first-order valence-corrected chi connectivity index (χ1v) is 9.61. The third-order valence-corrected chi connectivity index (χ3v) is 5.31. The number of guanidine groups is 1. The number of fused-ring (bicyclic) bond motifs is 1. The molecular weight excluding hydrogens is 475 g/mol. The number of halogens is 1. The van der Waals surface area contributed by atoms with Gasteiger partial charge in [-0.1, -0.05) is 26.8 Å². The van der Waals surface area contributed by atoms with E-state index in [9.17, 15) is 0 Å². The van der Waals surface area contributed by atoms with E-state index in [1.54, 1.807) is 18.4 Å². The maximum atomic E-state index is 5.42. The first kappa shape index (κ1) is 21.7. The van der Waals surface area contributed by atoms with Crippen LogP contribution in [0.4, 0.5) is 0 Å². The number of thiazole rings is 1. The van der Waals surface area contributed by atoms with Crippen LogP contribution < -0.4 is 20.1 Å². The van der Waals surface area contributed by atoms with Crippen LogP contribution in [-0.4, -0.2) is 31.3 Å². The molecule has 0 fully saturated rings. The standard InChI is InChI=1S/C19H26N4O2S.HI/c1-19(2,3)17-23-14(11-26-17)10-22-18(20-4)21-8-7-13-5-6-15-16(9-13)25-12-24-15;/h5-6,9,11H,7-8,10,12H2,1-4H3,(H2,20,21,22);1H. The molecule has 1 aromatic carbocycles. The van der Waals surface area contributed by atoms with Gasteiger partial charge in [-0.2, -0.15) is 0 Å². The molecule has 1 aliphatic heterocycles. The number of nitrogens with zero attached hydrogens (tertiary/aromatic N) is 2. The number of rotatable bonds is 5. The van der Waals surface area contributed by atoms with Gasteiger partial charge in [0.05, 0.1) is 17.2 Å². The average molecular weight is 502 g/mol. The largest absolute Gasteiger partial charge is 0.454 e. The fourth-order valence-corrected chi connectivity index (χ4v) is 3.46. The maximum absolute atomic E-state index is 5.42. The smallest absolute Gasteiger partial charge is 0.231 e. The normalized spacial score (nSPS) is 13.3. The summed E-state index contributed by atoms with van der Waals surface area (Å²) in [7, 11) is 1.78. The van der Waals surface area contributed by atoms with Crippen molar-refractivity contribution < 1.29 is 9.47 Å². The number of ether oxygens (including phenoxy) is 2. The predicted molar refractivity (Wildman–Crippen MR) is 121 cm³/mol. The molecule has 2 heterocycles. The molecule has 0 radical (unpaired) electrons. The molecule has 8 heteroatoms. The Labute approximate surface area is 181 Å². The molecule has 0 spiro atoms. The van der Waals surface area contributed by atoms with E-state index >= 15 is 0 Å². The van der Waals surface area contributed by atoms with E-state index in [1.807, 2.05) is 12.1 Å². The van der Waals surface area contributed by atoms with Crippen LogP contribution in [0.1, 0.15) is 37.0 Å². The van der Waals surface area contributed by atoms with Gasteiger partial charge in [-0.05, 0) is 24.1 Å². The average Bonchev–Trinajstić information content (AvgIpc) is 3.26. The predicted octanol–water partition coefficient (Wildman–Crippen LogP) is 3.70. The second kappa shape index (κ2) is 9.59. The van der Waals surface area contributed by atoms with Gasteiger partial charge in [0.1, 0.15) is 0 Å². The van der Waals surface area contributed by atoms with Crippen LogP contribution in [0.15, 0.2) is 28.6 Å². The van der Waals surface area contributed by atoms with Crippen molar-refractivity contribution in [3.63, 3.8) is 0 Å². The summed E-state index contributed by atoms with van der Waals surface area (Å²) in [6.07, 6.45) is 0.877. The summed E-state index contributed by atoms with van der Waals surface area (Å²) >= 11 is 1.71. The number of hydrogen-bond acceptors (Lipinski definition) is 5. The lowest BCUT2D eigenvalue weighted by Gasteiger charge is -2.14. The minimum atomic E-state index is 0. The van der Waals surface area contributed by atoms with Gasteiger partial charge in [0.2, 0.25) is 6.79 Å². The van der Waals surface area contributed by atoms with Gasteiger partial charge in [-0.15, -0.1) is 35.3 Å². The Hall–Kier alpha value is -1.55. The van der Waals surface area contributed by atoms with E-state index in [0.717, 1.165) is 41.1 Å². The van der Waals surface area contributed by atoms with Crippen LogP contribution in [0.3, 0.4) is 0 Å². The molecule has 2 aromatic rings. The minimum Gasteiger partial charge on any atom is -0.454 e. The third kappa shape index (κ3) is 5.97. The molecule has 27 heavy (non-hydrogen) atoms. The van der Waals surface area contributed by atoms with Crippen LogP contribution >= 0.6 is 35.3 Å².